The van der Waals surface area contributed by atoms with Crippen LogP contribution in [0.3, 0.4) is 0 Å². The third kappa shape index (κ3) is 3.93. The van der Waals surface area contributed by atoms with Gasteiger partial charge in [0.2, 0.25) is 29.1 Å². The standard InChI is InChI=1S/C18H14F5N3O3/c1-25(7-9-5-6-24-26(9)2)18(27)11-4-3-10(29-11)8-28-17-15(22)13(20)12(19)14(21)16(17)23/h3-6H,7-8H2,1-2H3. The van der Waals surface area contributed by atoms with Crippen LogP contribution in [0.4, 0.5) is 22.0 Å². The highest BCUT2D eigenvalue weighted by molar-refractivity contribution is 5.91. The second-order valence-electron chi connectivity index (χ2n) is 6.06. The van der Waals surface area contributed by atoms with Gasteiger partial charge in [-0.05, 0) is 18.2 Å². The molecule has 29 heavy (non-hydrogen) atoms. The summed E-state index contributed by atoms with van der Waals surface area (Å²) < 4.78 is 78.2. The first-order valence-corrected chi connectivity index (χ1v) is 8.16. The van der Waals surface area contributed by atoms with Gasteiger partial charge in [-0.15, -0.1) is 0 Å². The largest absolute Gasteiger partial charge is 0.479 e. The van der Waals surface area contributed by atoms with Crippen LogP contribution in [0.5, 0.6) is 5.75 Å². The van der Waals surface area contributed by atoms with Crippen LogP contribution in [-0.2, 0) is 20.2 Å². The summed E-state index contributed by atoms with van der Waals surface area (Å²) in [6.45, 7) is -0.413. The highest BCUT2D eigenvalue weighted by Gasteiger charge is 2.27. The second-order valence-corrected chi connectivity index (χ2v) is 6.06. The number of hydrogen-bond acceptors (Lipinski definition) is 4. The molecule has 0 radical (unpaired) electrons. The van der Waals surface area contributed by atoms with Crippen molar-refractivity contribution in [2.45, 2.75) is 13.2 Å². The van der Waals surface area contributed by atoms with E-state index in [-0.39, 0.29) is 18.1 Å². The average molecular weight is 415 g/mol. The minimum atomic E-state index is -2.28. The summed E-state index contributed by atoms with van der Waals surface area (Å²) in [5, 5.41) is 3.99. The molecule has 0 saturated carbocycles. The number of rotatable bonds is 6. The molecule has 0 unspecified atom stereocenters. The number of aromatic nitrogens is 2. The van der Waals surface area contributed by atoms with Crippen LogP contribution in [-0.4, -0.2) is 27.6 Å². The molecule has 2 heterocycles. The Balaban J connectivity index is 1.70. The van der Waals surface area contributed by atoms with Crippen LogP contribution >= 0.6 is 0 Å². The molecule has 0 aliphatic carbocycles. The Morgan fingerprint density at radius 2 is 1.69 bits per heavy atom. The Kier molecular flexibility index (Phi) is 5.57. The molecule has 6 nitrogen and oxygen atoms in total. The van der Waals surface area contributed by atoms with Crippen LogP contribution < -0.4 is 4.74 Å². The average Bonchev–Trinajstić information content (AvgIpc) is 3.33. The molecule has 0 aliphatic rings. The van der Waals surface area contributed by atoms with Gasteiger partial charge in [-0.25, -0.2) is 13.2 Å². The highest BCUT2D eigenvalue weighted by Crippen LogP contribution is 2.29. The number of amides is 1. The highest BCUT2D eigenvalue weighted by atomic mass is 19.2. The molecule has 0 saturated heterocycles. The molecule has 154 valence electrons. The Hall–Kier alpha value is -3.37. The predicted molar refractivity (Wildman–Crippen MR) is 88.3 cm³/mol. The lowest BCUT2D eigenvalue weighted by atomic mass is 10.2. The minimum Gasteiger partial charge on any atom is -0.479 e. The fourth-order valence-corrected chi connectivity index (χ4v) is 2.48. The lowest BCUT2D eigenvalue weighted by molar-refractivity contribution is 0.0745. The minimum absolute atomic E-state index is 0.0498. The fourth-order valence-electron chi connectivity index (χ4n) is 2.48. The SMILES string of the molecule is CN(Cc1ccnn1C)C(=O)c1ccc(COc2c(F)c(F)c(F)c(F)c2F)o1. The topological polar surface area (TPSA) is 60.5 Å². The number of benzene rings is 1. The maximum atomic E-state index is 13.6. The normalized spacial score (nSPS) is 11.0. The Labute approximate surface area is 161 Å². The summed E-state index contributed by atoms with van der Waals surface area (Å²) in [5.74, 6) is -12.8. The Morgan fingerprint density at radius 1 is 1.07 bits per heavy atom. The number of halogens is 5. The molecule has 2 aromatic heterocycles. The first-order chi connectivity index (χ1) is 13.7. The number of aryl methyl sites for hydroxylation is 1. The van der Waals surface area contributed by atoms with Crippen LogP contribution in [0.1, 0.15) is 22.0 Å². The maximum absolute atomic E-state index is 13.6. The number of hydrogen-bond donors (Lipinski definition) is 0. The molecule has 1 amide bonds. The summed E-state index contributed by atoms with van der Waals surface area (Å²) in [4.78, 5) is 13.8. The monoisotopic (exact) mass is 415 g/mol. The van der Waals surface area contributed by atoms with Crippen LogP contribution in [0.25, 0.3) is 0 Å². The Bertz CT molecular complexity index is 1030. The second kappa shape index (κ2) is 7.94. The summed E-state index contributed by atoms with van der Waals surface area (Å²) in [5.41, 5.74) is 0.766. The zero-order chi connectivity index (χ0) is 21.3. The smallest absolute Gasteiger partial charge is 0.289 e. The Morgan fingerprint density at radius 3 is 2.28 bits per heavy atom. The molecular formula is C18H14F5N3O3. The van der Waals surface area contributed by atoms with E-state index in [0.29, 0.717) is 0 Å². The summed E-state index contributed by atoms with van der Waals surface area (Å²) in [6.07, 6.45) is 1.58. The number of ether oxygens (including phenoxy) is 1. The molecule has 3 aromatic rings. The van der Waals surface area contributed by atoms with Crippen molar-refractivity contribution in [2.75, 3.05) is 7.05 Å². The van der Waals surface area contributed by atoms with Gasteiger partial charge in [-0.1, -0.05) is 0 Å². The van der Waals surface area contributed by atoms with Gasteiger partial charge in [-0.2, -0.15) is 13.9 Å². The van der Waals surface area contributed by atoms with Crippen molar-refractivity contribution in [1.29, 1.82) is 0 Å². The third-order valence-electron chi connectivity index (χ3n) is 4.07. The predicted octanol–water partition coefficient (Wildman–Crippen LogP) is 3.56. The molecular weight excluding hydrogens is 401 g/mol. The zero-order valence-corrected chi connectivity index (χ0v) is 15.2. The zero-order valence-electron chi connectivity index (χ0n) is 15.2. The first-order valence-electron chi connectivity index (χ1n) is 8.16. The van der Waals surface area contributed by atoms with Gasteiger partial charge < -0.3 is 14.1 Å². The van der Waals surface area contributed by atoms with Gasteiger partial charge in [0, 0.05) is 20.3 Å². The van der Waals surface area contributed by atoms with E-state index in [1.165, 1.54) is 24.1 Å². The van der Waals surface area contributed by atoms with Crippen molar-refractivity contribution < 1.29 is 35.9 Å². The number of nitrogens with zero attached hydrogens (tertiary/aromatic N) is 3. The van der Waals surface area contributed by atoms with Crippen molar-refractivity contribution >= 4 is 5.91 Å². The van der Waals surface area contributed by atoms with E-state index in [1.807, 2.05) is 0 Å². The quantitative estimate of drug-likeness (QED) is 0.351. The molecule has 3 rings (SSSR count). The lowest BCUT2D eigenvalue weighted by Gasteiger charge is -2.15. The van der Waals surface area contributed by atoms with Gasteiger partial charge in [0.05, 0.1) is 12.2 Å². The van der Waals surface area contributed by atoms with E-state index in [0.717, 1.165) is 5.69 Å². The summed E-state index contributed by atoms with van der Waals surface area (Å²) >= 11 is 0. The van der Waals surface area contributed by atoms with E-state index in [4.69, 9.17) is 9.15 Å². The van der Waals surface area contributed by atoms with Gasteiger partial charge in [0.1, 0.15) is 12.4 Å². The van der Waals surface area contributed by atoms with E-state index in [2.05, 4.69) is 5.10 Å². The van der Waals surface area contributed by atoms with Gasteiger partial charge in [0.15, 0.2) is 11.5 Å². The molecule has 0 N–H and O–H groups in total. The van der Waals surface area contributed by atoms with Crippen LogP contribution in [0.2, 0.25) is 0 Å². The lowest BCUT2D eigenvalue weighted by Crippen LogP contribution is -2.26. The summed E-state index contributed by atoms with van der Waals surface area (Å²) in [6, 6.07) is 4.33. The van der Waals surface area contributed by atoms with E-state index in [1.54, 1.807) is 24.0 Å². The van der Waals surface area contributed by atoms with E-state index < -0.39 is 47.3 Å². The van der Waals surface area contributed by atoms with Crippen molar-refractivity contribution in [3.63, 3.8) is 0 Å². The fraction of sp³-hybridized carbons (Fsp3) is 0.222. The first kappa shape index (κ1) is 20.4. The molecule has 0 spiro atoms. The number of carbonyl (C=O) groups excluding carboxylic acids is 1. The maximum Gasteiger partial charge on any atom is 0.289 e. The van der Waals surface area contributed by atoms with Crippen LogP contribution in [0, 0.1) is 29.1 Å². The van der Waals surface area contributed by atoms with E-state index >= 15 is 0 Å². The van der Waals surface area contributed by atoms with Crippen molar-refractivity contribution in [2.24, 2.45) is 7.05 Å². The van der Waals surface area contributed by atoms with Gasteiger partial charge >= 0.3 is 0 Å². The van der Waals surface area contributed by atoms with Crippen LogP contribution in [0.15, 0.2) is 28.8 Å². The molecule has 1 aromatic carbocycles. The third-order valence-corrected chi connectivity index (χ3v) is 4.07. The van der Waals surface area contributed by atoms with E-state index in [9.17, 15) is 26.7 Å². The van der Waals surface area contributed by atoms with Crippen molar-refractivity contribution in [3.05, 3.63) is 70.7 Å². The number of carbonyl (C=O) groups is 1. The molecule has 0 bridgehead atoms. The molecule has 0 aliphatic heterocycles. The molecule has 0 atom stereocenters. The van der Waals surface area contributed by atoms with Crippen molar-refractivity contribution in [3.8, 4) is 5.75 Å². The number of furan rings is 1. The molecule has 11 heteroatoms. The van der Waals surface area contributed by atoms with Crippen molar-refractivity contribution in [1.82, 2.24) is 14.7 Å². The summed E-state index contributed by atoms with van der Waals surface area (Å²) in [7, 11) is 3.25. The molecule has 0 fully saturated rings. The van der Waals surface area contributed by atoms with Gasteiger partial charge in [-0.3, -0.25) is 9.48 Å². The van der Waals surface area contributed by atoms with Gasteiger partial charge in [0.25, 0.3) is 5.91 Å².